The standard InChI is InChI=1S/C13H11FN4O2S/c1-7-3-2-4-9(11(7)14)12-17-10-5-8(21(15,19)20)6-16-13(10)18-12/h2-6H,1H3,(H2,15,19,20)(H,16,17,18). The van der Waals surface area contributed by atoms with Gasteiger partial charge in [0, 0.05) is 6.20 Å². The number of rotatable bonds is 2. The second-order valence-corrected chi connectivity index (χ2v) is 6.17. The van der Waals surface area contributed by atoms with Gasteiger partial charge in [0.15, 0.2) is 5.65 Å². The fourth-order valence-electron chi connectivity index (χ4n) is 1.99. The lowest BCUT2D eigenvalue weighted by Gasteiger charge is -2.01. The van der Waals surface area contributed by atoms with Gasteiger partial charge in [-0.3, -0.25) is 0 Å². The Morgan fingerprint density at radius 2 is 2.10 bits per heavy atom. The number of nitrogens with two attached hydrogens (primary N) is 1. The highest BCUT2D eigenvalue weighted by Gasteiger charge is 2.15. The molecule has 108 valence electrons. The first-order valence-electron chi connectivity index (χ1n) is 6.00. The van der Waals surface area contributed by atoms with E-state index in [4.69, 9.17) is 5.14 Å². The lowest BCUT2D eigenvalue weighted by Crippen LogP contribution is -2.12. The Labute approximate surface area is 119 Å². The van der Waals surface area contributed by atoms with Gasteiger partial charge in [0.2, 0.25) is 10.0 Å². The van der Waals surface area contributed by atoms with Crippen molar-refractivity contribution in [2.45, 2.75) is 11.8 Å². The Morgan fingerprint density at radius 3 is 2.81 bits per heavy atom. The van der Waals surface area contributed by atoms with Crippen LogP contribution in [0.5, 0.6) is 0 Å². The highest BCUT2D eigenvalue weighted by molar-refractivity contribution is 7.89. The van der Waals surface area contributed by atoms with Gasteiger partial charge in [0.25, 0.3) is 0 Å². The van der Waals surface area contributed by atoms with Gasteiger partial charge in [0.1, 0.15) is 16.5 Å². The summed E-state index contributed by atoms with van der Waals surface area (Å²) < 4.78 is 36.7. The first-order valence-corrected chi connectivity index (χ1v) is 7.55. The van der Waals surface area contributed by atoms with Crippen LogP contribution >= 0.6 is 0 Å². The molecule has 0 fully saturated rings. The van der Waals surface area contributed by atoms with Crippen molar-refractivity contribution in [3.8, 4) is 11.4 Å². The second-order valence-electron chi connectivity index (χ2n) is 4.61. The third-order valence-corrected chi connectivity index (χ3v) is 3.97. The number of aromatic nitrogens is 3. The van der Waals surface area contributed by atoms with Crippen molar-refractivity contribution >= 4 is 21.2 Å². The number of halogens is 1. The summed E-state index contributed by atoms with van der Waals surface area (Å²) in [6, 6.07) is 6.27. The van der Waals surface area contributed by atoms with E-state index in [-0.39, 0.29) is 16.5 Å². The number of fused-ring (bicyclic) bond motifs is 1. The molecule has 6 nitrogen and oxygen atoms in total. The van der Waals surface area contributed by atoms with Crippen molar-refractivity contribution in [2.24, 2.45) is 5.14 Å². The van der Waals surface area contributed by atoms with Crippen molar-refractivity contribution < 1.29 is 12.8 Å². The monoisotopic (exact) mass is 306 g/mol. The van der Waals surface area contributed by atoms with Gasteiger partial charge in [-0.15, -0.1) is 0 Å². The van der Waals surface area contributed by atoms with E-state index in [1.165, 1.54) is 6.07 Å². The number of imidazole rings is 1. The molecule has 0 spiro atoms. The Hall–Kier alpha value is -2.32. The first kappa shape index (κ1) is 13.7. The van der Waals surface area contributed by atoms with Crippen LogP contribution in [0, 0.1) is 12.7 Å². The highest BCUT2D eigenvalue weighted by atomic mass is 32.2. The molecule has 21 heavy (non-hydrogen) atoms. The first-order chi connectivity index (χ1) is 9.86. The number of sulfonamides is 1. The Bertz CT molecular complexity index is 950. The minimum absolute atomic E-state index is 0.130. The van der Waals surface area contributed by atoms with Crippen molar-refractivity contribution in [1.82, 2.24) is 15.0 Å². The number of benzene rings is 1. The number of pyridine rings is 1. The van der Waals surface area contributed by atoms with Gasteiger partial charge in [-0.2, -0.15) is 0 Å². The number of primary sulfonamides is 1. The highest BCUT2D eigenvalue weighted by Crippen LogP contribution is 2.24. The maximum Gasteiger partial charge on any atom is 0.239 e. The predicted octanol–water partition coefficient (Wildman–Crippen LogP) is 1.72. The zero-order valence-corrected chi connectivity index (χ0v) is 11.8. The van der Waals surface area contributed by atoms with Crippen molar-refractivity contribution in [3.63, 3.8) is 0 Å². The van der Waals surface area contributed by atoms with Crippen LogP contribution in [0.2, 0.25) is 0 Å². The Balaban J connectivity index is 2.20. The van der Waals surface area contributed by atoms with Crippen LogP contribution in [0.4, 0.5) is 4.39 Å². The molecular formula is C13H11FN4O2S. The molecule has 1 aromatic carbocycles. The van der Waals surface area contributed by atoms with E-state index in [0.717, 1.165) is 6.20 Å². The van der Waals surface area contributed by atoms with Crippen LogP contribution in [-0.2, 0) is 10.0 Å². The molecule has 0 radical (unpaired) electrons. The molecular weight excluding hydrogens is 295 g/mol. The van der Waals surface area contributed by atoms with Gasteiger partial charge in [0.05, 0.1) is 11.1 Å². The van der Waals surface area contributed by atoms with E-state index >= 15 is 0 Å². The van der Waals surface area contributed by atoms with Crippen LogP contribution in [0.15, 0.2) is 35.4 Å². The molecule has 2 aromatic heterocycles. The van der Waals surface area contributed by atoms with Crippen molar-refractivity contribution in [1.29, 1.82) is 0 Å². The third kappa shape index (κ3) is 2.39. The Kier molecular flexibility index (Phi) is 2.99. The fourth-order valence-corrected chi connectivity index (χ4v) is 2.48. The molecule has 0 atom stereocenters. The number of aryl methyl sites for hydroxylation is 1. The summed E-state index contributed by atoms with van der Waals surface area (Å²) >= 11 is 0. The molecule has 2 heterocycles. The molecule has 0 aliphatic rings. The average molecular weight is 306 g/mol. The molecule has 3 aromatic rings. The van der Waals surface area contributed by atoms with Crippen LogP contribution < -0.4 is 5.14 Å². The predicted molar refractivity (Wildman–Crippen MR) is 75.4 cm³/mol. The maximum atomic E-state index is 14.1. The lowest BCUT2D eigenvalue weighted by molar-refractivity contribution is 0.597. The molecule has 0 aliphatic heterocycles. The zero-order chi connectivity index (χ0) is 15.2. The average Bonchev–Trinajstić information content (AvgIpc) is 2.83. The van der Waals surface area contributed by atoms with Gasteiger partial charge < -0.3 is 4.98 Å². The molecule has 0 unspecified atom stereocenters. The number of hydrogen-bond acceptors (Lipinski definition) is 4. The number of aromatic amines is 1. The summed E-state index contributed by atoms with van der Waals surface area (Å²) in [6.07, 6.45) is 1.12. The second kappa shape index (κ2) is 4.61. The van der Waals surface area contributed by atoms with Crippen LogP contribution in [-0.4, -0.2) is 23.4 Å². The van der Waals surface area contributed by atoms with E-state index < -0.39 is 10.0 Å². The lowest BCUT2D eigenvalue weighted by atomic mass is 10.1. The maximum absolute atomic E-state index is 14.1. The number of H-pyrrole nitrogens is 1. The van der Waals surface area contributed by atoms with Gasteiger partial charge in [-0.25, -0.2) is 27.9 Å². The third-order valence-electron chi connectivity index (χ3n) is 3.09. The molecule has 3 N–H and O–H groups in total. The van der Waals surface area contributed by atoms with Gasteiger partial charge >= 0.3 is 0 Å². The van der Waals surface area contributed by atoms with Crippen LogP contribution in [0.25, 0.3) is 22.6 Å². The minimum Gasteiger partial charge on any atom is -0.336 e. The topological polar surface area (TPSA) is 102 Å². The number of hydrogen-bond donors (Lipinski definition) is 2. The quantitative estimate of drug-likeness (QED) is 0.752. The number of nitrogens with zero attached hydrogens (tertiary/aromatic N) is 2. The van der Waals surface area contributed by atoms with E-state index in [0.29, 0.717) is 22.3 Å². The van der Waals surface area contributed by atoms with Gasteiger partial charge in [-0.1, -0.05) is 12.1 Å². The summed E-state index contributed by atoms with van der Waals surface area (Å²) in [5.41, 5.74) is 1.45. The van der Waals surface area contributed by atoms with E-state index in [2.05, 4.69) is 15.0 Å². The van der Waals surface area contributed by atoms with E-state index in [1.54, 1.807) is 25.1 Å². The van der Waals surface area contributed by atoms with Gasteiger partial charge in [-0.05, 0) is 24.6 Å². The molecule has 0 saturated carbocycles. The molecule has 0 amide bonds. The zero-order valence-electron chi connectivity index (χ0n) is 11.0. The summed E-state index contributed by atoms with van der Waals surface area (Å²) in [7, 11) is -3.85. The summed E-state index contributed by atoms with van der Waals surface area (Å²) in [4.78, 5) is 10.8. The van der Waals surface area contributed by atoms with Crippen LogP contribution in [0.1, 0.15) is 5.56 Å². The smallest absolute Gasteiger partial charge is 0.239 e. The Morgan fingerprint density at radius 1 is 1.33 bits per heavy atom. The SMILES string of the molecule is Cc1cccc(-c2nc3ncc(S(N)(=O)=O)cc3[nH]2)c1F. The summed E-state index contributed by atoms with van der Waals surface area (Å²) in [5.74, 6) is -0.103. The molecule has 3 rings (SSSR count). The largest absolute Gasteiger partial charge is 0.336 e. The minimum atomic E-state index is -3.85. The summed E-state index contributed by atoms with van der Waals surface area (Å²) in [5, 5.41) is 5.05. The summed E-state index contributed by atoms with van der Waals surface area (Å²) in [6.45, 7) is 1.65. The normalized spacial score (nSPS) is 12.0. The van der Waals surface area contributed by atoms with Crippen LogP contribution in [0.3, 0.4) is 0 Å². The molecule has 0 bridgehead atoms. The van der Waals surface area contributed by atoms with Crippen molar-refractivity contribution in [2.75, 3.05) is 0 Å². The molecule has 0 aliphatic carbocycles. The van der Waals surface area contributed by atoms with Crippen molar-refractivity contribution in [3.05, 3.63) is 41.8 Å². The van der Waals surface area contributed by atoms with E-state index in [1.807, 2.05) is 0 Å². The number of nitrogens with one attached hydrogen (secondary N) is 1. The molecule has 8 heteroatoms. The molecule has 0 saturated heterocycles. The van der Waals surface area contributed by atoms with E-state index in [9.17, 15) is 12.8 Å². The fraction of sp³-hybridized carbons (Fsp3) is 0.0769.